The predicted octanol–water partition coefficient (Wildman–Crippen LogP) is -0.768. The zero-order chi connectivity index (χ0) is 15.5. The number of hydrogen-bond acceptors (Lipinski definition) is 4. The van der Waals surface area contributed by atoms with Crippen LogP contribution < -0.4 is 22.1 Å². The lowest BCUT2D eigenvalue weighted by atomic mass is 10.2. The smallest absolute Gasteiger partial charge is 0.312 e. The van der Waals surface area contributed by atoms with Crippen LogP contribution in [0.5, 0.6) is 0 Å². The summed E-state index contributed by atoms with van der Waals surface area (Å²) in [5, 5.41) is 5.37. The molecule has 116 valence electrons. The Bertz CT molecular complexity index is 418. The van der Waals surface area contributed by atoms with Crippen LogP contribution >= 0.6 is 0 Å². The number of nitrogens with zero attached hydrogens (tertiary/aromatic N) is 1. The molecule has 0 atom stereocenters. The average molecular weight is 293 g/mol. The zero-order valence-corrected chi connectivity index (χ0v) is 12.0. The molecule has 0 unspecified atom stereocenters. The first-order valence-electron chi connectivity index (χ1n) is 6.86. The molecule has 0 saturated carbocycles. The number of primary amides is 2. The quantitative estimate of drug-likeness (QED) is 0.584. The highest BCUT2D eigenvalue weighted by Crippen LogP contribution is 2.04. The number of rotatable bonds is 4. The maximum Gasteiger partial charge on any atom is 0.312 e. The monoisotopic (exact) mass is 293 g/mol. The van der Waals surface area contributed by atoms with E-state index in [0.29, 0.717) is 0 Å². The van der Waals surface area contributed by atoms with Crippen LogP contribution in [0.1, 0.15) is 5.56 Å². The van der Waals surface area contributed by atoms with Crippen molar-refractivity contribution in [3.8, 4) is 0 Å². The summed E-state index contributed by atoms with van der Waals surface area (Å²) in [6.07, 6.45) is 0. The van der Waals surface area contributed by atoms with Gasteiger partial charge < -0.3 is 22.1 Å². The Kier molecular flexibility index (Phi) is 7.85. The van der Waals surface area contributed by atoms with Gasteiger partial charge in [0.05, 0.1) is 6.54 Å². The lowest BCUT2D eigenvalue weighted by molar-refractivity contribution is -0.117. The maximum atomic E-state index is 9.86. The van der Waals surface area contributed by atoms with E-state index in [1.165, 1.54) is 18.7 Å². The number of nitrogens with one attached hydrogen (secondary N) is 2. The lowest BCUT2D eigenvalue weighted by Gasteiger charge is -2.27. The molecule has 1 aromatic carbocycles. The van der Waals surface area contributed by atoms with Gasteiger partial charge in [-0.25, -0.2) is 4.79 Å². The van der Waals surface area contributed by atoms with E-state index in [4.69, 9.17) is 0 Å². The molecule has 1 heterocycles. The Morgan fingerprint density at radius 2 is 1.76 bits per heavy atom. The van der Waals surface area contributed by atoms with Crippen molar-refractivity contribution < 1.29 is 9.59 Å². The van der Waals surface area contributed by atoms with E-state index in [-0.39, 0.29) is 6.54 Å². The zero-order valence-electron chi connectivity index (χ0n) is 12.0. The minimum Gasteiger partial charge on any atom is -0.368 e. The standard InChI is InChI=1S/C11H16N2.C3H7N3O2/c1-2-4-11(5-3-1)10-13-8-6-12-7-9-13;4-2(7)1-6-3(5)8/h1-5,12H,6-10H2;1H2,(H2,4,7)(H3,5,6,8). The molecular weight excluding hydrogens is 270 g/mol. The Hall–Kier alpha value is -2.12. The second kappa shape index (κ2) is 9.73. The highest BCUT2D eigenvalue weighted by atomic mass is 16.2. The van der Waals surface area contributed by atoms with Gasteiger partial charge in [0.25, 0.3) is 0 Å². The highest BCUT2D eigenvalue weighted by Gasteiger charge is 2.08. The van der Waals surface area contributed by atoms with Crippen molar-refractivity contribution in [3.05, 3.63) is 35.9 Å². The van der Waals surface area contributed by atoms with Crippen LogP contribution in [0.3, 0.4) is 0 Å². The molecule has 7 heteroatoms. The summed E-state index contributed by atoms with van der Waals surface area (Å²) < 4.78 is 0. The van der Waals surface area contributed by atoms with Crippen molar-refractivity contribution in [2.75, 3.05) is 32.7 Å². The summed E-state index contributed by atoms with van der Waals surface area (Å²) in [4.78, 5) is 22.2. The molecule has 3 amide bonds. The first-order valence-corrected chi connectivity index (χ1v) is 6.86. The summed E-state index contributed by atoms with van der Waals surface area (Å²) in [5.74, 6) is -0.608. The molecule has 0 aliphatic carbocycles. The average Bonchev–Trinajstić information content (AvgIpc) is 2.48. The molecule has 1 aliphatic rings. The minimum atomic E-state index is -0.746. The van der Waals surface area contributed by atoms with Crippen LogP contribution in [0.4, 0.5) is 4.79 Å². The Balaban J connectivity index is 0.000000240. The second-order valence-electron chi connectivity index (χ2n) is 4.70. The van der Waals surface area contributed by atoms with Crippen molar-refractivity contribution in [2.24, 2.45) is 11.5 Å². The van der Waals surface area contributed by atoms with E-state index in [9.17, 15) is 9.59 Å². The van der Waals surface area contributed by atoms with Crippen molar-refractivity contribution in [2.45, 2.75) is 6.54 Å². The van der Waals surface area contributed by atoms with Crippen LogP contribution in [0.2, 0.25) is 0 Å². The lowest BCUT2D eigenvalue weighted by Crippen LogP contribution is -2.42. The molecular formula is C14H23N5O2. The molecule has 1 fully saturated rings. The van der Waals surface area contributed by atoms with E-state index >= 15 is 0 Å². The molecule has 6 N–H and O–H groups in total. The number of benzene rings is 1. The third kappa shape index (κ3) is 8.61. The third-order valence-corrected chi connectivity index (χ3v) is 2.90. The predicted molar refractivity (Wildman–Crippen MR) is 81.4 cm³/mol. The van der Waals surface area contributed by atoms with E-state index in [1.807, 2.05) is 5.32 Å². The normalized spacial score (nSPS) is 14.7. The van der Waals surface area contributed by atoms with Crippen molar-refractivity contribution in [3.63, 3.8) is 0 Å². The summed E-state index contributed by atoms with van der Waals surface area (Å²) in [7, 11) is 0. The van der Waals surface area contributed by atoms with Gasteiger partial charge in [-0.05, 0) is 5.56 Å². The Labute approximate surface area is 124 Å². The molecule has 0 aromatic heterocycles. The SMILES string of the molecule is NC(=O)CNC(N)=O.c1ccc(CN2CCNCC2)cc1. The molecule has 1 aromatic rings. The molecule has 1 aliphatic heterocycles. The Morgan fingerprint density at radius 3 is 2.24 bits per heavy atom. The number of piperazine rings is 1. The van der Waals surface area contributed by atoms with Gasteiger partial charge in [0, 0.05) is 32.7 Å². The van der Waals surface area contributed by atoms with Gasteiger partial charge in [-0.15, -0.1) is 0 Å². The van der Waals surface area contributed by atoms with E-state index in [2.05, 4.69) is 52.0 Å². The fourth-order valence-corrected chi connectivity index (χ4v) is 1.89. The van der Waals surface area contributed by atoms with E-state index < -0.39 is 11.9 Å². The highest BCUT2D eigenvalue weighted by molar-refractivity contribution is 5.81. The summed E-state index contributed by atoms with van der Waals surface area (Å²) >= 11 is 0. The first kappa shape index (κ1) is 16.9. The summed E-state index contributed by atoms with van der Waals surface area (Å²) in [5.41, 5.74) is 10.6. The number of amides is 3. The fraction of sp³-hybridized carbons (Fsp3) is 0.429. The van der Waals surface area contributed by atoms with Crippen LogP contribution in [-0.2, 0) is 11.3 Å². The maximum absolute atomic E-state index is 9.86. The van der Waals surface area contributed by atoms with Gasteiger partial charge in [-0.3, -0.25) is 9.69 Å². The van der Waals surface area contributed by atoms with E-state index in [1.54, 1.807) is 0 Å². The molecule has 0 spiro atoms. The first-order chi connectivity index (χ1) is 10.1. The van der Waals surface area contributed by atoms with Gasteiger partial charge in [0.2, 0.25) is 5.91 Å². The summed E-state index contributed by atoms with van der Waals surface area (Å²) in [6, 6.07) is 9.93. The van der Waals surface area contributed by atoms with Gasteiger partial charge >= 0.3 is 6.03 Å². The largest absolute Gasteiger partial charge is 0.368 e. The van der Waals surface area contributed by atoms with E-state index in [0.717, 1.165) is 19.6 Å². The number of carbonyl (C=O) groups excluding carboxylic acids is 2. The van der Waals surface area contributed by atoms with Gasteiger partial charge in [0.1, 0.15) is 0 Å². The minimum absolute atomic E-state index is 0.199. The molecule has 0 bridgehead atoms. The molecule has 7 nitrogen and oxygen atoms in total. The number of nitrogens with two attached hydrogens (primary N) is 2. The van der Waals surface area contributed by atoms with Crippen molar-refractivity contribution in [1.82, 2.24) is 15.5 Å². The molecule has 21 heavy (non-hydrogen) atoms. The number of urea groups is 1. The van der Waals surface area contributed by atoms with Gasteiger partial charge in [0.15, 0.2) is 0 Å². The number of carbonyl (C=O) groups is 2. The van der Waals surface area contributed by atoms with Crippen LogP contribution in [-0.4, -0.2) is 49.6 Å². The van der Waals surface area contributed by atoms with Gasteiger partial charge in [-0.2, -0.15) is 0 Å². The van der Waals surface area contributed by atoms with Crippen molar-refractivity contribution >= 4 is 11.9 Å². The number of hydrogen-bond donors (Lipinski definition) is 4. The van der Waals surface area contributed by atoms with Crippen LogP contribution in [0.15, 0.2) is 30.3 Å². The topological polar surface area (TPSA) is 113 Å². The fourth-order valence-electron chi connectivity index (χ4n) is 1.89. The Morgan fingerprint density at radius 1 is 1.14 bits per heavy atom. The molecule has 0 radical (unpaired) electrons. The molecule has 1 saturated heterocycles. The van der Waals surface area contributed by atoms with Gasteiger partial charge in [-0.1, -0.05) is 30.3 Å². The van der Waals surface area contributed by atoms with Crippen molar-refractivity contribution in [1.29, 1.82) is 0 Å². The summed E-state index contributed by atoms with van der Waals surface area (Å²) in [6.45, 7) is 5.52. The van der Waals surface area contributed by atoms with Crippen LogP contribution in [0, 0.1) is 0 Å². The molecule has 2 rings (SSSR count). The van der Waals surface area contributed by atoms with Crippen LogP contribution in [0.25, 0.3) is 0 Å². The third-order valence-electron chi connectivity index (χ3n) is 2.90. The second-order valence-corrected chi connectivity index (χ2v) is 4.70.